The van der Waals surface area contributed by atoms with E-state index in [9.17, 15) is 32.7 Å². The Morgan fingerprint density at radius 1 is 1.00 bits per heavy atom. The molecule has 1 heterocycles. The fourth-order valence-corrected chi connectivity index (χ4v) is 6.04. The predicted molar refractivity (Wildman–Crippen MR) is 154 cm³/mol. The molecule has 1 aliphatic rings. The van der Waals surface area contributed by atoms with Gasteiger partial charge in [0.1, 0.15) is 6.04 Å². The molecule has 0 radical (unpaired) electrons. The lowest BCUT2D eigenvalue weighted by Crippen LogP contribution is -2.58. The van der Waals surface area contributed by atoms with Crippen LogP contribution < -0.4 is 10.6 Å². The first kappa shape index (κ1) is 31.1. The van der Waals surface area contributed by atoms with Crippen molar-refractivity contribution in [2.75, 3.05) is 5.88 Å². The van der Waals surface area contributed by atoms with Crippen molar-refractivity contribution < 1.29 is 32.7 Å². The van der Waals surface area contributed by atoms with Gasteiger partial charge in [0.15, 0.2) is 23.6 Å². The monoisotopic (exact) mass is 599 g/mol. The minimum atomic E-state index is -1.84. The topological polar surface area (TPSA) is 98.7 Å². The Balaban J connectivity index is 1.57. The molecule has 3 amide bonds. The molecule has 0 aliphatic carbocycles. The summed E-state index contributed by atoms with van der Waals surface area (Å²) < 4.78 is 41.0. The lowest BCUT2D eigenvalue weighted by atomic mass is 9.96. The minimum absolute atomic E-state index is 0.0424. The Hall–Kier alpha value is -3.83. The Bertz CT molecular complexity index is 1470. The fourth-order valence-electron chi connectivity index (χ4n) is 4.90. The average molecular weight is 600 g/mol. The Kier molecular flexibility index (Phi) is 9.63. The highest BCUT2D eigenvalue weighted by atomic mass is 32.2. The first-order chi connectivity index (χ1) is 19.9. The van der Waals surface area contributed by atoms with Crippen LogP contribution in [-0.2, 0) is 22.6 Å². The second-order valence-electron chi connectivity index (χ2n) is 10.7. The molecule has 0 bridgehead atoms. The highest BCUT2D eigenvalue weighted by Gasteiger charge is 2.49. The normalized spacial score (nSPS) is 17.4. The maximum absolute atomic E-state index is 14.4. The number of halogens is 3. The maximum Gasteiger partial charge on any atom is 0.254 e. The molecule has 1 aliphatic heterocycles. The van der Waals surface area contributed by atoms with E-state index in [4.69, 9.17) is 0 Å². The number of rotatable bonds is 9. The van der Waals surface area contributed by atoms with Crippen LogP contribution in [0.3, 0.4) is 0 Å². The number of nitrogens with zero attached hydrogens (tertiary/aromatic N) is 1. The molecule has 3 unspecified atom stereocenters. The maximum atomic E-state index is 14.4. The number of amides is 3. The highest BCUT2D eigenvalue weighted by Crippen LogP contribution is 2.40. The quantitative estimate of drug-likeness (QED) is 0.322. The van der Waals surface area contributed by atoms with Crippen LogP contribution in [-0.4, -0.2) is 56.5 Å². The average Bonchev–Trinajstić information content (AvgIpc) is 3.29. The largest absolute Gasteiger partial charge is 0.381 e. The lowest BCUT2D eigenvalue weighted by Gasteiger charge is -2.33. The van der Waals surface area contributed by atoms with Gasteiger partial charge in [-0.05, 0) is 56.0 Å². The van der Waals surface area contributed by atoms with Crippen LogP contribution in [0.5, 0.6) is 0 Å². The van der Waals surface area contributed by atoms with Crippen molar-refractivity contribution in [1.29, 1.82) is 0 Å². The molecule has 1 fully saturated rings. The number of hydrogen-bond acceptors (Lipinski definition) is 5. The summed E-state index contributed by atoms with van der Waals surface area (Å²) in [7, 11) is 0. The summed E-state index contributed by atoms with van der Waals surface area (Å²) in [5.41, 5.74) is 1.78. The molecule has 0 spiro atoms. The summed E-state index contributed by atoms with van der Waals surface area (Å²) in [5.74, 6) is -7.19. The molecule has 42 heavy (non-hydrogen) atoms. The second-order valence-corrected chi connectivity index (χ2v) is 12.3. The molecule has 3 aromatic carbocycles. The number of aryl methyl sites for hydroxylation is 1. The number of aliphatic hydroxyl groups is 1. The van der Waals surface area contributed by atoms with Gasteiger partial charge in [-0.1, -0.05) is 54.6 Å². The van der Waals surface area contributed by atoms with Crippen LogP contribution in [0.1, 0.15) is 40.9 Å². The fraction of sp³-hybridized carbons (Fsp3) is 0.323. The number of hydrogen-bond donors (Lipinski definition) is 3. The number of benzene rings is 3. The molecule has 4 rings (SSSR count). The summed E-state index contributed by atoms with van der Waals surface area (Å²) in [5, 5.41) is 16.6. The summed E-state index contributed by atoms with van der Waals surface area (Å²) in [6.07, 6.45) is -1.89. The van der Waals surface area contributed by atoms with Crippen LogP contribution in [0, 0.1) is 24.4 Å². The first-order valence-electron chi connectivity index (χ1n) is 13.3. The summed E-state index contributed by atoms with van der Waals surface area (Å²) in [4.78, 5) is 41.4. The van der Waals surface area contributed by atoms with Gasteiger partial charge in [0.2, 0.25) is 5.91 Å². The lowest BCUT2D eigenvalue weighted by molar-refractivity contribution is -0.147. The molecular weight excluding hydrogens is 567 g/mol. The van der Waals surface area contributed by atoms with Crippen molar-refractivity contribution in [2.24, 2.45) is 0 Å². The van der Waals surface area contributed by atoms with E-state index in [1.165, 1.54) is 16.7 Å². The summed E-state index contributed by atoms with van der Waals surface area (Å²) >= 11 is 1.37. The Morgan fingerprint density at radius 2 is 1.67 bits per heavy atom. The second kappa shape index (κ2) is 13.0. The van der Waals surface area contributed by atoms with Crippen LogP contribution in [0.15, 0.2) is 66.7 Å². The first-order valence-corrected chi connectivity index (χ1v) is 14.3. The van der Waals surface area contributed by atoms with Crippen LogP contribution in [0.25, 0.3) is 0 Å². The van der Waals surface area contributed by atoms with Gasteiger partial charge in [0.25, 0.3) is 11.8 Å². The Labute approximate surface area is 246 Å². The van der Waals surface area contributed by atoms with Gasteiger partial charge >= 0.3 is 0 Å². The zero-order chi connectivity index (χ0) is 30.6. The van der Waals surface area contributed by atoms with Crippen molar-refractivity contribution in [2.45, 2.75) is 56.7 Å². The van der Waals surface area contributed by atoms with Gasteiger partial charge in [-0.15, -0.1) is 11.8 Å². The SMILES string of the molecule is Cc1ccccc1CNC(=O)C1N(C(=O)C(O)C(Cc2ccccc2)NC(=O)c2ccc(F)c(F)c2F)CSC1(C)C. The van der Waals surface area contributed by atoms with E-state index in [1.807, 2.05) is 45.0 Å². The van der Waals surface area contributed by atoms with E-state index in [1.54, 1.807) is 30.3 Å². The smallest absolute Gasteiger partial charge is 0.254 e. The van der Waals surface area contributed by atoms with Crippen molar-refractivity contribution in [3.8, 4) is 0 Å². The molecule has 0 saturated carbocycles. The summed E-state index contributed by atoms with van der Waals surface area (Å²) in [6.45, 7) is 5.82. The van der Waals surface area contributed by atoms with E-state index in [0.29, 0.717) is 11.6 Å². The van der Waals surface area contributed by atoms with E-state index < -0.39 is 63.7 Å². The van der Waals surface area contributed by atoms with Crippen LogP contribution in [0.4, 0.5) is 13.2 Å². The van der Waals surface area contributed by atoms with Crippen LogP contribution in [0.2, 0.25) is 0 Å². The molecule has 222 valence electrons. The molecule has 3 aromatic rings. The third kappa shape index (κ3) is 6.79. The highest BCUT2D eigenvalue weighted by molar-refractivity contribution is 8.00. The summed E-state index contributed by atoms with van der Waals surface area (Å²) in [6, 6.07) is 15.4. The molecule has 11 heteroatoms. The number of nitrogens with one attached hydrogen (secondary N) is 2. The molecule has 3 atom stereocenters. The predicted octanol–water partition coefficient (Wildman–Crippen LogP) is 4.11. The van der Waals surface area contributed by atoms with E-state index in [-0.39, 0.29) is 18.8 Å². The van der Waals surface area contributed by atoms with Crippen molar-refractivity contribution >= 4 is 29.5 Å². The molecular formula is C31H32F3N3O4S. The van der Waals surface area contributed by atoms with Gasteiger partial charge < -0.3 is 20.6 Å². The number of carbonyl (C=O) groups is 3. The van der Waals surface area contributed by atoms with E-state index in [2.05, 4.69) is 10.6 Å². The van der Waals surface area contributed by atoms with E-state index in [0.717, 1.165) is 17.2 Å². The molecule has 7 nitrogen and oxygen atoms in total. The van der Waals surface area contributed by atoms with Crippen molar-refractivity contribution in [3.63, 3.8) is 0 Å². The minimum Gasteiger partial charge on any atom is -0.381 e. The third-order valence-electron chi connectivity index (χ3n) is 7.32. The van der Waals surface area contributed by atoms with Crippen LogP contribution >= 0.6 is 11.8 Å². The standard InChI is InChI=1S/C31H32F3N3O4S/c1-18-9-7-8-12-20(18)16-35-29(40)27-31(2,3)42-17-37(27)30(41)26(38)23(15-19-10-5-4-6-11-19)36-28(39)21-13-14-22(32)25(34)24(21)33/h4-14,23,26-27,38H,15-17H2,1-3H3,(H,35,40)(H,36,39). The van der Waals surface area contributed by atoms with E-state index >= 15 is 0 Å². The van der Waals surface area contributed by atoms with Gasteiger partial charge in [-0.3, -0.25) is 14.4 Å². The van der Waals surface area contributed by atoms with Gasteiger partial charge in [-0.2, -0.15) is 0 Å². The van der Waals surface area contributed by atoms with Gasteiger partial charge in [0.05, 0.1) is 17.5 Å². The van der Waals surface area contributed by atoms with Crippen molar-refractivity contribution in [1.82, 2.24) is 15.5 Å². The number of aliphatic hydroxyl groups excluding tert-OH is 1. The number of carbonyl (C=O) groups excluding carboxylic acids is 3. The third-order valence-corrected chi connectivity index (χ3v) is 8.70. The number of thioether (sulfide) groups is 1. The molecule has 3 N–H and O–H groups in total. The Morgan fingerprint density at radius 3 is 2.36 bits per heavy atom. The zero-order valence-corrected chi connectivity index (χ0v) is 24.2. The zero-order valence-electron chi connectivity index (χ0n) is 23.4. The van der Waals surface area contributed by atoms with Gasteiger partial charge in [-0.25, -0.2) is 13.2 Å². The molecule has 1 saturated heterocycles. The van der Waals surface area contributed by atoms with Crippen molar-refractivity contribution in [3.05, 3.63) is 106 Å². The molecule has 0 aromatic heterocycles. The van der Waals surface area contributed by atoms with Gasteiger partial charge in [0, 0.05) is 11.3 Å².